The number of hydrogen-bond acceptors (Lipinski definition) is 4. The summed E-state index contributed by atoms with van der Waals surface area (Å²) in [6.07, 6.45) is 1.31. The first-order valence-electron chi connectivity index (χ1n) is 9.80. The number of carbonyl (C=O) groups is 1. The summed E-state index contributed by atoms with van der Waals surface area (Å²) >= 11 is 0. The van der Waals surface area contributed by atoms with Crippen LogP contribution in [0.2, 0.25) is 0 Å². The number of sulfonamides is 1. The van der Waals surface area contributed by atoms with Crippen molar-refractivity contribution in [2.24, 2.45) is 0 Å². The summed E-state index contributed by atoms with van der Waals surface area (Å²) in [5, 5.41) is 0. The van der Waals surface area contributed by atoms with Gasteiger partial charge in [-0.1, -0.05) is 18.2 Å². The molecule has 0 radical (unpaired) electrons. The molecule has 1 aliphatic heterocycles. The molecule has 0 aliphatic carbocycles. The Morgan fingerprint density at radius 1 is 1.07 bits per heavy atom. The first kappa shape index (κ1) is 20.4. The summed E-state index contributed by atoms with van der Waals surface area (Å²) in [5.74, 6) is -0.199. The highest BCUT2D eigenvalue weighted by Gasteiger charge is 2.27. The second-order valence-electron chi connectivity index (χ2n) is 7.66. The van der Waals surface area contributed by atoms with Gasteiger partial charge in [0.2, 0.25) is 10.0 Å². The molecule has 1 aromatic heterocycles. The van der Waals surface area contributed by atoms with E-state index < -0.39 is 10.0 Å². The molecule has 1 amide bonds. The molecular formula is C21H24N4O4S. The Labute approximate surface area is 174 Å². The van der Waals surface area contributed by atoms with Crippen LogP contribution < -0.4 is 5.69 Å². The molecule has 30 heavy (non-hydrogen) atoms. The average molecular weight is 429 g/mol. The highest BCUT2D eigenvalue weighted by Crippen LogP contribution is 2.26. The highest BCUT2D eigenvalue weighted by molar-refractivity contribution is 7.89. The molecule has 0 saturated carbocycles. The van der Waals surface area contributed by atoms with Crippen molar-refractivity contribution >= 4 is 27.0 Å². The van der Waals surface area contributed by atoms with E-state index in [1.54, 1.807) is 21.6 Å². The Hall–Kier alpha value is -2.91. The van der Waals surface area contributed by atoms with Crippen LogP contribution in [0, 0.1) is 0 Å². The highest BCUT2D eigenvalue weighted by atomic mass is 32.2. The van der Waals surface area contributed by atoms with Gasteiger partial charge in [-0.3, -0.25) is 9.36 Å². The molecule has 1 saturated heterocycles. The third kappa shape index (κ3) is 3.54. The van der Waals surface area contributed by atoms with Gasteiger partial charge in [-0.2, -0.15) is 0 Å². The standard InChI is InChI=1S/C21H24N4O4S/c1-23(2)30(28,29)17-7-5-6-15(14-17)20(26)24-12-10-16(11-13-24)25-19-9-4-3-8-18(19)22-21(25)27/h3-9,14,16H,10-13H2,1-2H3,(H,22,27). The quantitative estimate of drug-likeness (QED) is 0.688. The third-order valence-corrected chi connectivity index (χ3v) is 7.41. The summed E-state index contributed by atoms with van der Waals surface area (Å²) in [6.45, 7) is 1.00. The molecule has 8 nitrogen and oxygen atoms in total. The molecule has 1 aliphatic rings. The summed E-state index contributed by atoms with van der Waals surface area (Å²) in [7, 11) is -0.687. The number of likely N-dealkylation sites (tertiary alicyclic amines) is 1. The maximum atomic E-state index is 13.0. The van der Waals surface area contributed by atoms with Crippen molar-refractivity contribution in [3.05, 3.63) is 64.6 Å². The average Bonchev–Trinajstić information content (AvgIpc) is 3.09. The fourth-order valence-corrected chi connectivity index (χ4v) is 4.89. The van der Waals surface area contributed by atoms with Crippen molar-refractivity contribution in [3.63, 3.8) is 0 Å². The SMILES string of the molecule is CN(C)S(=O)(=O)c1cccc(C(=O)N2CCC(n3c(=O)[nH]c4ccccc43)CC2)c1. The number of amides is 1. The van der Waals surface area contributed by atoms with E-state index in [-0.39, 0.29) is 22.5 Å². The lowest BCUT2D eigenvalue weighted by molar-refractivity contribution is 0.0694. The lowest BCUT2D eigenvalue weighted by atomic mass is 10.0. The maximum absolute atomic E-state index is 13.0. The van der Waals surface area contributed by atoms with E-state index in [4.69, 9.17) is 0 Å². The molecule has 1 fully saturated rings. The molecule has 1 N–H and O–H groups in total. The van der Waals surface area contributed by atoms with Crippen molar-refractivity contribution < 1.29 is 13.2 Å². The van der Waals surface area contributed by atoms with E-state index in [0.29, 0.717) is 31.5 Å². The zero-order valence-electron chi connectivity index (χ0n) is 16.9. The monoisotopic (exact) mass is 428 g/mol. The zero-order chi connectivity index (χ0) is 21.5. The van der Waals surface area contributed by atoms with Crippen LogP contribution in [0.25, 0.3) is 11.0 Å². The first-order valence-corrected chi connectivity index (χ1v) is 11.2. The number of benzene rings is 2. The third-order valence-electron chi connectivity index (χ3n) is 5.60. The van der Waals surface area contributed by atoms with E-state index in [1.807, 2.05) is 24.3 Å². The molecule has 9 heteroatoms. The van der Waals surface area contributed by atoms with Crippen LogP contribution in [0.1, 0.15) is 29.2 Å². The number of aromatic amines is 1. The van der Waals surface area contributed by atoms with Crippen molar-refractivity contribution in [3.8, 4) is 0 Å². The minimum Gasteiger partial charge on any atom is -0.338 e. The Kier molecular flexibility index (Phi) is 5.25. The predicted octanol–water partition coefficient (Wildman–Crippen LogP) is 2.06. The fourth-order valence-electron chi connectivity index (χ4n) is 3.95. The second-order valence-corrected chi connectivity index (χ2v) is 9.81. The van der Waals surface area contributed by atoms with Gasteiger partial charge in [0, 0.05) is 38.8 Å². The Morgan fingerprint density at radius 2 is 1.77 bits per heavy atom. The van der Waals surface area contributed by atoms with E-state index in [9.17, 15) is 18.0 Å². The van der Waals surface area contributed by atoms with Crippen LogP contribution in [0.5, 0.6) is 0 Å². The Morgan fingerprint density at radius 3 is 2.47 bits per heavy atom. The van der Waals surface area contributed by atoms with Crippen LogP contribution in [0.15, 0.2) is 58.2 Å². The number of para-hydroxylation sites is 2. The molecule has 4 rings (SSSR count). The van der Waals surface area contributed by atoms with Crippen LogP contribution >= 0.6 is 0 Å². The lowest BCUT2D eigenvalue weighted by Gasteiger charge is -2.32. The van der Waals surface area contributed by atoms with Crippen LogP contribution in [-0.4, -0.2) is 60.3 Å². The molecule has 0 bridgehead atoms. The second kappa shape index (κ2) is 7.73. The van der Waals surface area contributed by atoms with Crippen LogP contribution in [-0.2, 0) is 10.0 Å². The largest absolute Gasteiger partial charge is 0.338 e. The zero-order valence-corrected chi connectivity index (χ0v) is 17.7. The maximum Gasteiger partial charge on any atom is 0.326 e. The molecule has 2 heterocycles. The minimum absolute atomic E-state index is 0.0122. The van der Waals surface area contributed by atoms with E-state index in [1.165, 1.54) is 26.2 Å². The number of fused-ring (bicyclic) bond motifs is 1. The van der Waals surface area contributed by atoms with Gasteiger partial charge in [0.15, 0.2) is 0 Å². The summed E-state index contributed by atoms with van der Waals surface area (Å²) in [6, 6.07) is 13.7. The molecule has 2 aromatic carbocycles. The molecule has 0 atom stereocenters. The van der Waals surface area contributed by atoms with E-state index >= 15 is 0 Å². The van der Waals surface area contributed by atoms with Crippen molar-refractivity contribution in [2.45, 2.75) is 23.8 Å². The number of H-pyrrole nitrogens is 1. The Bertz CT molecular complexity index is 1250. The van der Waals surface area contributed by atoms with Gasteiger partial charge in [0.25, 0.3) is 5.91 Å². The number of hydrogen-bond donors (Lipinski definition) is 1. The number of rotatable bonds is 4. The topological polar surface area (TPSA) is 95.5 Å². The van der Waals surface area contributed by atoms with Gasteiger partial charge >= 0.3 is 5.69 Å². The minimum atomic E-state index is -3.61. The lowest BCUT2D eigenvalue weighted by Crippen LogP contribution is -2.40. The number of piperidine rings is 1. The number of imidazole rings is 1. The summed E-state index contributed by atoms with van der Waals surface area (Å²) < 4.78 is 27.6. The molecule has 0 unspecified atom stereocenters. The molecule has 0 spiro atoms. The number of carbonyl (C=O) groups excluding carboxylic acids is 1. The van der Waals surface area contributed by atoms with Gasteiger partial charge in [-0.05, 0) is 43.2 Å². The van der Waals surface area contributed by atoms with E-state index in [2.05, 4.69) is 4.98 Å². The fraction of sp³-hybridized carbons (Fsp3) is 0.333. The van der Waals surface area contributed by atoms with Gasteiger partial charge in [-0.25, -0.2) is 17.5 Å². The van der Waals surface area contributed by atoms with Crippen molar-refractivity contribution in [2.75, 3.05) is 27.2 Å². The van der Waals surface area contributed by atoms with Crippen LogP contribution in [0.3, 0.4) is 0 Å². The van der Waals surface area contributed by atoms with Gasteiger partial charge in [0.1, 0.15) is 0 Å². The van der Waals surface area contributed by atoms with Gasteiger partial charge < -0.3 is 9.88 Å². The smallest absolute Gasteiger partial charge is 0.326 e. The summed E-state index contributed by atoms with van der Waals surface area (Å²) in [5.41, 5.74) is 1.89. The van der Waals surface area contributed by atoms with Crippen LogP contribution in [0.4, 0.5) is 0 Å². The van der Waals surface area contributed by atoms with Gasteiger partial charge in [-0.15, -0.1) is 0 Å². The molecule has 3 aromatic rings. The van der Waals surface area contributed by atoms with E-state index in [0.717, 1.165) is 15.3 Å². The first-order chi connectivity index (χ1) is 14.3. The number of nitrogens with one attached hydrogen (secondary N) is 1. The predicted molar refractivity (Wildman–Crippen MR) is 114 cm³/mol. The Balaban J connectivity index is 1.51. The van der Waals surface area contributed by atoms with Crippen molar-refractivity contribution in [1.29, 1.82) is 0 Å². The summed E-state index contributed by atoms with van der Waals surface area (Å²) in [4.78, 5) is 30.1. The normalized spacial score (nSPS) is 15.8. The van der Waals surface area contributed by atoms with Gasteiger partial charge in [0.05, 0.1) is 15.9 Å². The van der Waals surface area contributed by atoms with Crippen molar-refractivity contribution in [1.82, 2.24) is 18.8 Å². The molecule has 158 valence electrons. The molecular weight excluding hydrogens is 404 g/mol. The number of nitrogens with zero attached hydrogens (tertiary/aromatic N) is 3. The number of aromatic nitrogens is 2.